The van der Waals surface area contributed by atoms with Crippen molar-refractivity contribution < 1.29 is 14.8 Å². The van der Waals surface area contributed by atoms with Crippen LogP contribution in [0.1, 0.15) is 33.4 Å². The molecular weight excluding hydrogens is 300 g/mol. The molecule has 0 radical (unpaired) electrons. The van der Waals surface area contributed by atoms with E-state index in [2.05, 4.69) is 10.4 Å². The van der Waals surface area contributed by atoms with Crippen molar-refractivity contribution >= 4 is 11.6 Å². The van der Waals surface area contributed by atoms with Crippen LogP contribution in [0.15, 0.2) is 24.3 Å². The number of hydrogen-bond donors (Lipinski definition) is 2. The van der Waals surface area contributed by atoms with Gasteiger partial charge < -0.3 is 10.4 Å². The predicted octanol–water partition coefficient (Wildman–Crippen LogP) is 1.02. The fourth-order valence-electron chi connectivity index (χ4n) is 3.08. The summed E-state index contributed by atoms with van der Waals surface area (Å²) in [5.74, 6) is -0.624. The topological polar surface area (TPSA) is 110 Å². The second-order valence-corrected chi connectivity index (χ2v) is 5.58. The molecule has 1 aliphatic carbocycles. The summed E-state index contributed by atoms with van der Waals surface area (Å²) in [6, 6.07) is 6.83. The van der Waals surface area contributed by atoms with Gasteiger partial charge in [0.2, 0.25) is 5.69 Å². The molecule has 2 unspecified atom stereocenters. The van der Waals surface area contributed by atoms with Crippen molar-refractivity contribution in [3.05, 3.63) is 56.9 Å². The van der Waals surface area contributed by atoms with E-state index in [0.717, 1.165) is 11.1 Å². The van der Waals surface area contributed by atoms with Gasteiger partial charge in [-0.05, 0) is 18.1 Å². The van der Waals surface area contributed by atoms with Gasteiger partial charge in [-0.1, -0.05) is 24.3 Å². The molecule has 1 aromatic carbocycles. The third-order valence-corrected chi connectivity index (χ3v) is 4.08. The Balaban J connectivity index is 1.93. The fraction of sp³-hybridized carbons (Fsp3) is 0.333. The summed E-state index contributed by atoms with van der Waals surface area (Å²) in [6.45, 7) is 1.48. The molecular formula is C15H16N4O4. The van der Waals surface area contributed by atoms with Crippen molar-refractivity contribution in [2.45, 2.75) is 25.5 Å². The number of nitro groups is 1. The fourth-order valence-corrected chi connectivity index (χ4v) is 3.08. The Morgan fingerprint density at radius 2 is 2.17 bits per heavy atom. The number of aliphatic hydroxyl groups is 1. The smallest absolute Gasteiger partial charge is 0.322 e. The van der Waals surface area contributed by atoms with Crippen molar-refractivity contribution in [2.75, 3.05) is 0 Å². The zero-order valence-corrected chi connectivity index (χ0v) is 12.7. The van der Waals surface area contributed by atoms with Gasteiger partial charge in [0.05, 0.1) is 17.1 Å². The molecule has 0 aliphatic heterocycles. The van der Waals surface area contributed by atoms with Crippen LogP contribution in [0, 0.1) is 17.0 Å². The lowest BCUT2D eigenvalue weighted by atomic mass is 10.1. The summed E-state index contributed by atoms with van der Waals surface area (Å²) in [5.41, 5.74) is 1.53. The van der Waals surface area contributed by atoms with Crippen molar-refractivity contribution in [1.29, 1.82) is 0 Å². The first-order chi connectivity index (χ1) is 10.9. The van der Waals surface area contributed by atoms with E-state index in [1.54, 1.807) is 0 Å². The number of fused-ring (bicyclic) bond motifs is 1. The Morgan fingerprint density at radius 1 is 1.48 bits per heavy atom. The van der Waals surface area contributed by atoms with Crippen LogP contribution in [0.5, 0.6) is 0 Å². The molecule has 8 nitrogen and oxygen atoms in total. The Morgan fingerprint density at radius 3 is 2.87 bits per heavy atom. The van der Waals surface area contributed by atoms with Gasteiger partial charge in [0, 0.05) is 13.5 Å². The molecule has 1 aromatic heterocycles. The van der Waals surface area contributed by atoms with Crippen LogP contribution in [0.4, 0.5) is 5.69 Å². The van der Waals surface area contributed by atoms with Crippen LogP contribution >= 0.6 is 0 Å². The summed E-state index contributed by atoms with van der Waals surface area (Å²) < 4.78 is 1.19. The number of carbonyl (C=O) groups excluding carboxylic acids is 1. The Kier molecular flexibility index (Phi) is 3.61. The predicted molar refractivity (Wildman–Crippen MR) is 81.0 cm³/mol. The quantitative estimate of drug-likeness (QED) is 0.649. The standard InChI is InChI=1S/C15H16N4O4/c1-8-13(19(22)23)14(18(2)17-8)15(21)16-12-10-6-4-3-5-9(10)7-11(12)20/h3-6,11-12,20H,7H2,1-2H3,(H,16,21). The molecule has 1 amide bonds. The molecule has 23 heavy (non-hydrogen) atoms. The van der Waals surface area contributed by atoms with Gasteiger partial charge in [0.15, 0.2) is 0 Å². The van der Waals surface area contributed by atoms with Crippen molar-refractivity contribution in [2.24, 2.45) is 7.05 Å². The van der Waals surface area contributed by atoms with Crippen LogP contribution in [0.2, 0.25) is 0 Å². The first-order valence-electron chi connectivity index (χ1n) is 7.15. The average Bonchev–Trinajstić information content (AvgIpc) is 2.96. The summed E-state index contributed by atoms with van der Waals surface area (Å²) >= 11 is 0. The second kappa shape index (κ2) is 5.47. The van der Waals surface area contributed by atoms with E-state index in [1.165, 1.54) is 18.7 Å². The van der Waals surface area contributed by atoms with Crippen LogP contribution < -0.4 is 5.32 Å². The minimum Gasteiger partial charge on any atom is -0.390 e. The van der Waals surface area contributed by atoms with Gasteiger partial charge in [-0.3, -0.25) is 19.6 Å². The van der Waals surface area contributed by atoms with Crippen molar-refractivity contribution in [3.8, 4) is 0 Å². The van der Waals surface area contributed by atoms with E-state index >= 15 is 0 Å². The molecule has 0 bridgehead atoms. The number of nitrogens with one attached hydrogen (secondary N) is 1. The molecule has 1 heterocycles. The lowest BCUT2D eigenvalue weighted by molar-refractivity contribution is -0.385. The lowest BCUT2D eigenvalue weighted by Crippen LogP contribution is -2.35. The third-order valence-electron chi connectivity index (χ3n) is 4.08. The normalized spacial score (nSPS) is 19.4. The van der Waals surface area contributed by atoms with Crippen LogP contribution in [0.3, 0.4) is 0 Å². The van der Waals surface area contributed by atoms with Gasteiger partial charge >= 0.3 is 5.69 Å². The first kappa shape index (κ1) is 15.2. The molecule has 2 aromatic rings. The summed E-state index contributed by atoms with van der Waals surface area (Å²) in [6.07, 6.45) is -0.321. The minimum absolute atomic E-state index is 0.121. The van der Waals surface area contributed by atoms with E-state index in [-0.39, 0.29) is 17.1 Å². The molecule has 3 rings (SSSR count). The molecule has 1 aliphatic rings. The van der Waals surface area contributed by atoms with Gasteiger partial charge in [-0.25, -0.2) is 0 Å². The number of carbonyl (C=O) groups is 1. The average molecular weight is 316 g/mol. The number of amides is 1. The number of rotatable bonds is 3. The third kappa shape index (κ3) is 2.46. The van der Waals surface area contributed by atoms with Crippen molar-refractivity contribution in [1.82, 2.24) is 15.1 Å². The Labute approximate surface area is 131 Å². The summed E-state index contributed by atoms with van der Waals surface area (Å²) in [5, 5.41) is 28.0. The molecule has 8 heteroatoms. The van der Waals surface area contributed by atoms with Gasteiger partial charge in [-0.15, -0.1) is 0 Å². The Hall–Kier alpha value is -2.74. The highest BCUT2D eigenvalue weighted by Gasteiger charge is 2.35. The monoisotopic (exact) mass is 316 g/mol. The van der Waals surface area contributed by atoms with E-state index in [0.29, 0.717) is 6.42 Å². The molecule has 0 saturated carbocycles. The highest BCUT2D eigenvalue weighted by molar-refractivity contribution is 5.97. The van der Waals surface area contributed by atoms with E-state index in [1.807, 2.05) is 24.3 Å². The largest absolute Gasteiger partial charge is 0.390 e. The number of aliphatic hydroxyl groups excluding tert-OH is 1. The van der Waals surface area contributed by atoms with Crippen LogP contribution in [-0.2, 0) is 13.5 Å². The van der Waals surface area contributed by atoms with Crippen LogP contribution in [-0.4, -0.2) is 31.8 Å². The SMILES string of the molecule is Cc1nn(C)c(C(=O)NC2c3ccccc3CC2O)c1[N+](=O)[O-]. The molecule has 120 valence electrons. The minimum atomic E-state index is -0.760. The molecule has 0 fully saturated rings. The second-order valence-electron chi connectivity index (χ2n) is 5.58. The maximum atomic E-state index is 12.5. The maximum Gasteiger partial charge on any atom is 0.322 e. The van der Waals surface area contributed by atoms with Gasteiger partial charge in [0.25, 0.3) is 5.91 Å². The highest BCUT2D eigenvalue weighted by atomic mass is 16.6. The number of hydrogen-bond acceptors (Lipinski definition) is 5. The van der Waals surface area contributed by atoms with Crippen molar-refractivity contribution in [3.63, 3.8) is 0 Å². The van der Waals surface area contributed by atoms with Gasteiger partial charge in [-0.2, -0.15) is 5.10 Å². The first-order valence-corrected chi connectivity index (χ1v) is 7.15. The van der Waals surface area contributed by atoms with Crippen LogP contribution in [0.25, 0.3) is 0 Å². The Bertz CT molecular complexity index is 799. The molecule has 2 atom stereocenters. The van der Waals surface area contributed by atoms with Gasteiger partial charge in [0.1, 0.15) is 5.69 Å². The van der Waals surface area contributed by atoms with E-state index < -0.39 is 23.0 Å². The van der Waals surface area contributed by atoms with E-state index in [9.17, 15) is 20.0 Å². The summed E-state index contributed by atoms with van der Waals surface area (Å²) in [7, 11) is 1.48. The zero-order valence-electron chi connectivity index (χ0n) is 12.7. The zero-order chi connectivity index (χ0) is 16.7. The summed E-state index contributed by atoms with van der Waals surface area (Å²) in [4.78, 5) is 23.1. The number of benzene rings is 1. The maximum absolute atomic E-state index is 12.5. The number of nitrogens with zero attached hydrogens (tertiary/aromatic N) is 3. The number of aromatic nitrogens is 2. The molecule has 0 saturated heterocycles. The molecule has 2 N–H and O–H groups in total. The molecule has 0 spiro atoms. The lowest BCUT2D eigenvalue weighted by Gasteiger charge is -2.17. The number of aryl methyl sites for hydroxylation is 2. The van der Waals surface area contributed by atoms with E-state index in [4.69, 9.17) is 0 Å². The highest BCUT2D eigenvalue weighted by Crippen LogP contribution is 2.32.